The van der Waals surface area contributed by atoms with Crippen molar-refractivity contribution < 1.29 is 4.79 Å². The highest BCUT2D eigenvalue weighted by atomic mass is 16.1. The summed E-state index contributed by atoms with van der Waals surface area (Å²) in [5, 5.41) is 0. The topological polar surface area (TPSA) is 20.3 Å². The van der Waals surface area contributed by atoms with Crippen molar-refractivity contribution in [2.75, 3.05) is 13.1 Å². The average Bonchev–Trinajstić information content (AvgIpc) is 2.38. The van der Waals surface area contributed by atoms with Crippen LogP contribution in [0, 0.1) is 0 Å². The van der Waals surface area contributed by atoms with E-state index in [4.69, 9.17) is 0 Å². The van der Waals surface area contributed by atoms with Gasteiger partial charge in [0.2, 0.25) is 0 Å². The Kier molecular flexibility index (Phi) is 4.99. The minimum atomic E-state index is 0.464. The lowest BCUT2D eigenvalue weighted by atomic mass is 9.79. The molecule has 0 aliphatic heterocycles. The average molecular weight is 249 g/mol. The van der Waals surface area contributed by atoms with Gasteiger partial charge in [0.05, 0.1) is 0 Å². The molecule has 18 heavy (non-hydrogen) atoms. The van der Waals surface area contributed by atoms with E-state index < -0.39 is 0 Å². The fourth-order valence-corrected chi connectivity index (χ4v) is 3.52. The molecule has 0 aromatic heterocycles. The number of rotatable bonds is 5. The molecule has 0 spiro atoms. The first-order valence-electron chi connectivity index (χ1n) is 7.70. The summed E-state index contributed by atoms with van der Waals surface area (Å²) < 4.78 is 0. The Morgan fingerprint density at radius 2 is 1.78 bits per heavy atom. The quantitative estimate of drug-likeness (QED) is 0.692. The summed E-state index contributed by atoms with van der Waals surface area (Å²) >= 11 is 0. The molecule has 102 valence electrons. The zero-order valence-electron chi connectivity index (χ0n) is 12.0. The van der Waals surface area contributed by atoms with Gasteiger partial charge in [-0.25, -0.2) is 0 Å². The van der Waals surface area contributed by atoms with Crippen LogP contribution in [0.15, 0.2) is 11.1 Å². The van der Waals surface area contributed by atoms with E-state index in [-0.39, 0.29) is 0 Å². The predicted molar refractivity (Wildman–Crippen MR) is 75.7 cm³/mol. The van der Waals surface area contributed by atoms with Gasteiger partial charge in [-0.05, 0) is 51.6 Å². The molecule has 0 radical (unpaired) electrons. The van der Waals surface area contributed by atoms with E-state index in [1.165, 1.54) is 50.8 Å². The second-order valence-corrected chi connectivity index (χ2v) is 5.86. The van der Waals surface area contributed by atoms with E-state index in [1.54, 1.807) is 5.57 Å². The van der Waals surface area contributed by atoms with E-state index >= 15 is 0 Å². The monoisotopic (exact) mass is 249 g/mol. The highest BCUT2D eigenvalue weighted by Crippen LogP contribution is 2.36. The second-order valence-electron chi connectivity index (χ2n) is 5.86. The Balaban J connectivity index is 1.99. The van der Waals surface area contributed by atoms with Crippen LogP contribution >= 0.6 is 0 Å². The number of Topliss-reactive ketones (excluding diaryl/α,β-unsaturated/α-hetero) is 1. The Bertz CT molecular complexity index is 326. The summed E-state index contributed by atoms with van der Waals surface area (Å²) in [5.41, 5.74) is 3.12. The number of ketones is 1. The lowest BCUT2D eigenvalue weighted by Gasteiger charge is -2.37. The molecule has 0 aromatic rings. The zero-order valence-corrected chi connectivity index (χ0v) is 12.0. The largest absolute Gasteiger partial charge is 0.300 e. The number of allylic oxidation sites excluding steroid dienone is 1. The van der Waals surface area contributed by atoms with Gasteiger partial charge in [-0.3, -0.25) is 4.79 Å². The first-order valence-corrected chi connectivity index (χ1v) is 7.70. The van der Waals surface area contributed by atoms with E-state index in [0.29, 0.717) is 5.78 Å². The molecule has 2 rings (SSSR count). The Labute approximate surface area is 111 Å². The van der Waals surface area contributed by atoms with Crippen LogP contribution in [0.5, 0.6) is 0 Å². The molecular weight excluding hydrogens is 222 g/mol. The Hall–Kier alpha value is -0.630. The molecule has 1 unspecified atom stereocenters. The molecule has 2 heteroatoms. The van der Waals surface area contributed by atoms with Crippen molar-refractivity contribution in [3.8, 4) is 0 Å². The van der Waals surface area contributed by atoms with Crippen LogP contribution in [0.3, 0.4) is 0 Å². The first kappa shape index (κ1) is 13.8. The van der Waals surface area contributed by atoms with Gasteiger partial charge in [-0.2, -0.15) is 0 Å². The second kappa shape index (κ2) is 6.51. The molecule has 2 nitrogen and oxygen atoms in total. The first-order chi connectivity index (χ1) is 8.74. The molecule has 0 saturated heterocycles. The van der Waals surface area contributed by atoms with Crippen LogP contribution in [0.2, 0.25) is 0 Å². The molecule has 0 N–H and O–H groups in total. The molecule has 0 aromatic carbocycles. The minimum Gasteiger partial charge on any atom is -0.300 e. The molecule has 0 amide bonds. The molecule has 0 saturated carbocycles. The van der Waals surface area contributed by atoms with Gasteiger partial charge in [0.1, 0.15) is 5.78 Å². The molecule has 2 aliphatic rings. The molecule has 1 atom stereocenters. The lowest BCUT2D eigenvalue weighted by Crippen LogP contribution is -2.39. The number of hydrogen-bond donors (Lipinski definition) is 0. The van der Waals surface area contributed by atoms with Crippen molar-refractivity contribution in [1.82, 2.24) is 4.90 Å². The van der Waals surface area contributed by atoms with Crippen molar-refractivity contribution in [1.29, 1.82) is 0 Å². The predicted octanol–water partition coefficient (Wildman–Crippen LogP) is 3.71. The van der Waals surface area contributed by atoms with Crippen molar-refractivity contribution in [3.63, 3.8) is 0 Å². The lowest BCUT2D eigenvalue weighted by molar-refractivity contribution is -0.118. The maximum atomic E-state index is 11.5. The summed E-state index contributed by atoms with van der Waals surface area (Å²) in [7, 11) is 0. The van der Waals surface area contributed by atoms with Crippen molar-refractivity contribution in [2.45, 2.75) is 71.3 Å². The minimum absolute atomic E-state index is 0.464. The van der Waals surface area contributed by atoms with Gasteiger partial charge in [-0.15, -0.1) is 0 Å². The molecule has 0 fully saturated rings. The highest BCUT2D eigenvalue weighted by molar-refractivity contribution is 5.82. The summed E-state index contributed by atoms with van der Waals surface area (Å²) in [6.07, 6.45) is 8.81. The van der Waals surface area contributed by atoms with Gasteiger partial charge in [0.25, 0.3) is 0 Å². The maximum Gasteiger partial charge on any atom is 0.137 e. The van der Waals surface area contributed by atoms with E-state index in [0.717, 1.165) is 25.3 Å². The third-order valence-electron chi connectivity index (χ3n) is 4.42. The van der Waals surface area contributed by atoms with Gasteiger partial charge in [-0.1, -0.05) is 25.0 Å². The van der Waals surface area contributed by atoms with E-state index in [2.05, 4.69) is 18.7 Å². The zero-order chi connectivity index (χ0) is 13.0. The van der Waals surface area contributed by atoms with E-state index in [9.17, 15) is 4.79 Å². The Morgan fingerprint density at radius 3 is 2.44 bits per heavy atom. The molecule has 2 aliphatic carbocycles. The third-order valence-corrected chi connectivity index (χ3v) is 4.42. The van der Waals surface area contributed by atoms with Gasteiger partial charge >= 0.3 is 0 Å². The van der Waals surface area contributed by atoms with Gasteiger partial charge < -0.3 is 4.90 Å². The summed E-state index contributed by atoms with van der Waals surface area (Å²) in [6, 6.07) is 0.747. The van der Waals surface area contributed by atoms with Crippen LogP contribution in [-0.2, 0) is 4.79 Å². The van der Waals surface area contributed by atoms with Crippen molar-refractivity contribution in [2.24, 2.45) is 0 Å². The van der Waals surface area contributed by atoms with Crippen molar-refractivity contribution in [3.05, 3.63) is 11.1 Å². The maximum absolute atomic E-state index is 11.5. The normalized spacial score (nSPS) is 24.6. The molecular formula is C16H27NO. The Morgan fingerprint density at radius 1 is 1.06 bits per heavy atom. The van der Waals surface area contributed by atoms with Crippen LogP contribution in [0.25, 0.3) is 0 Å². The summed E-state index contributed by atoms with van der Waals surface area (Å²) in [4.78, 5) is 14.2. The third kappa shape index (κ3) is 3.23. The van der Waals surface area contributed by atoms with Crippen molar-refractivity contribution >= 4 is 5.78 Å². The number of carbonyl (C=O) groups excluding carboxylic acids is 1. The van der Waals surface area contributed by atoms with Crippen LogP contribution in [0.4, 0.5) is 0 Å². The SMILES string of the molecule is CCCN(CCC)C1CCC2=C(CCC(=O)C2)C1. The summed E-state index contributed by atoms with van der Waals surface area (Å²) in [5.74, 6) is 0.464. The summed E-state index contributed by atoms with van der Waals surface area (Å²) in [6.45, 7) is 7.02. The fourth-order valence-electron chi connectivity index (χ4n) is 3.52. The standard InChI is InChI=1S/C16H27NO/c1-3-9-17(10-4-2)15-7-5-14-12-16(18)8-6-13(14)11-15/h15H,3-12H2,1-2H3. The van der Waals surface area contributed by atoms with Gasteiger partial charge in [0, 0.05) is 18.9 Å². The van der Waals surface area contributed by atoms with E-state index in [1.807, 2.05) is 0 Å². The number of nitrogens with zero attached hydrogens (tertiary/aromatic N) is 1. The molecule has 0 bridgehead atoms. The van der Waals surface area contributed by atoms with Crippen LogP contribution < -0.4 is 0 Å². The van der Waals surface area contributed by atoms with Gasteiger partial charge in [0.15, 0.2) is 0 Å². The molecule has 0 heterocycles. The van der Waals surface area contributed by atoms with Crippen LogP contribution in [0.1, 0.15) is 65.2 Å². The van der Waals surface area contributed by atoms with Crippen LogP contribution in [-0.4, -0.2) is 29.8 Å². The number of carbonyl (C=O) groups is 1. The number of hydrogen-bond acceptors (Lipinski definition) is 2. The fraction of sp³-hybridized carbons (Fsp3) is 0.812. The smallest absolute Gasteiger partial charge is 0.137 e. The highest BCUT2D eigenvalue weighted by Gasteiger charge is 2.28.